The molecule has 8 heteroatoms. The van der Waals surface area contributed by atoms with E-state index in [4.69, 9.17) is 9.72 Å². The predicted molar refractivity (Wildman–Crippen MR) is 94.0 cm³/mol. The van der Waals surface area contributed by atoms with Gasteiger partial charge in [-0.2, -0.15) is 4.98 Å². The Kier molecular flexibility index (Phi) is 3.15. The van der Waals surface area contributed by atoms with Crippen molar-refractivity contribution in [2.24, 2.45) is 17.8 Å². The number of aliphatic carboxylic acids is 1. The highest BCUT2D eigenvalue weighted by Gasteiger charge is 2.60. The Labute approximate surface area is 148 Å². The van der Waals surface area contributed by atoms with Crippen molar-refractivity contribution in [2.45, 2.75) is 0 Å². The highest BCUT2D eigenvalue weighted by Crippen LogP contribution is 2.52. The number of benzene rings is 1. The monoisotopic (exact) mass is 351 g/mol. The molecule has 3 heterocycles. The number of aromatic amines is 1. The van der Waals surface area contributed by atoms with Gasteiger partial charge in [-0.1, -0.05) is 0 Å². The lowest BCUT2D eigenvalue weighted by atomic mass is 10.1. The third-order valence-electron chi connectivity index (χ3n) is 5.40. The summed E-state index contributed by atoms with van der Waals surface area (Å²) in [5, 5.41) is 9.19. The highest BCUT2D eigenvalue weighted by molar-refractivity contribution is 5.88. The van der Waals surface area contributed by atoms with Gasteiger partial charge in [0.15, 0.2) is 5.65 Å². The number of aromatic nitrogens is 4. The number of hydrogen-bond acceptors (Lipinski definition) is 6. The molecule has 1 aromatic carbocycles. The van der Waals surface area contributed by atoms with Crippen LogP contribution in [0.15, 0.2) is 30.6 Å². The van der Waals surface area contributed by atoms with Crippen LogP contribution in [0.1, 0.15) is 0 Å². The Hall–Kier alpha value is -3.16. The van der Waals surface area contributed by atoms with Crippen molar-refractivity contribution in [2.75, 3.05) is 25.1 Å². The van der Waals surface area contributed by atoms with Crippen LogP contribution >= 0.6 is 0 Å². The number of rotatable bonds is 4. The second-order valence-electron chi connectivity index (χ2n) is 6.80. The van der Waals surface area contributed by atoms with Crippen LogP contribution in [0.5, 0.6) is 5.75 Å². The van der Waals surface area contributed by atoms with Crippen molar-refractivity contribution in [3.8, 4) is 17.0 Å². The number of hydrogen-bond donors (Lipinski definition) is 2. The van der Waals surface area contributed by atoms with Crippen LogP contribution in [0, 0.1) is 17.8 Å². The summed E-state index contributed by atoms with van der Waals surface area (Å²) in [5.41, 5.74) is 3.11. The molecule has 0 spiro atoms. The number of fused-ring (bicyclic) bond motifs is 2. The molecular formula is C18H17N5O3. The molecule has 0 amide bonds. The maximum atomic E-state index is 11.2. The van der Waals surface area contributed by atoms with Crippen molar-refractivity contribution in [3.63, 3.8) is 0 Å². The van der Waals surface area contributed by atoms with Crippen molar-refractivity contribution in [3.05, 3.63) is 30.6 Å². The maximum absolute atomic E-state index is 11.2. The van der Waals surface area contributed by atoms with Gasteiger partial charge in [0.25, 0.3) is 0 Å². The standard InChI is InChI=1S/C18H17N5O3/c1-26-10-4-2-9(3-5-10)14-15-16(20-8-19-15)22-18(21-14)23-6-11-12(7-23)13(11)17(24)25/h2-5,8,11-13H,6-7H2,1H3,(H,24,25)(H,19,20,21,22). The van der Waals surface area contributed by atoms with Gasteiger partial charge in [-0.15, -0.1) is 0 Å². The molecule has 2 fully saturated rings. The fourth-order valence-electron chi connectivity index (χ4n) is 3.98. The Morgan fingerprint density at radius 3 is 2.62 bits per heavy atom. The summed E-state index contributed by atoms with van der Waals surface area (Å²) in [6.45, 7) is 1.36. The second kappa shape index (κ2) is 5.42. The zero-order chi connectivity index (χ0) is 17.8. The summed E-state index contributed by atoms with van der Waals surface area (Å²) in [7, 11) is 1.63. The van der Waals surface area contributed by atoms with Crippen LogP contribution in [0.25, 0.3) is 22.4 Å². The third kappa shape index (κ3) is 2.22. The van der Waals surface area contributed by atoms with Crippen molar-refractivity contribution >= 4 is 23.1 Å². The molecule has 8 nitrogen and oxygen atoms in total. The van der Waals surface area contributed by atoms with E-state index in [1.165, 1.54) is 0 Å². The van der Waals surface area contributed by atoms with Crippen LogP contribution in [0.4, 0.5) is 5.95 Å². The number of piperidine rings is 1. The zero-order valence-electron chi connectivity index (χ0n) is 14.1. The Bertz CT molecular complexity index is 988. The predicted octanol–water partition coefficient (Wildman–Crippen LogP) is 1.80. The smallest absolute Gasteiger partial charge is 0.307 e. The van der Waals surface area contributed by atoms with Gasteiger partial charge in [-0.25, -0.2) is 9.97 Å². The number of anilines is 1. The summed E-state index contributed by atoms with van der Waals surface area (Å²) in [6, 6.07) is 7.68. The molecule has 1 aliphatic carbocycles. The van der Waals surface area contributed by atoms with Crippen LogP contribution in [-0.4, -0.2) is 51.2 Å². The van der Waals surface area contributed by atoms with Gasteiger partial charge in [-0.05, 0) is 36.1 Å². The fraction of sp³-hybridized carbons (Fsp3) is 0.333. The lowest BCUT2D eigenvalue weighted by Gasteiger charge is -2.19. The SMILES string of the molecule is COc1ccc(-c2nc(N3CC4C(C3)C4C(=O)O)nc3nc[nH]c23)cc1. The molecule has 132 valence electrons. The van der Waals surface area contributed by atoms with Gasteiger partial charge in [-0.3, -0.25) is 4.79 Å². The maximum Gasteiger partial charge on any atom is 0.307 e. The van der Waals surface area contributed by atoms with Gasteiger partial charge < -0.3 is 19.7 Å². The van der Waals surface area contributed by atoms with Crippen LogP contribution in [0.3, 0.4) is 0 Å². The van der Waals surface area contributed by atoms with E-state index in [-0.39, 0.29) is 17.8 Å². The first kappa shape index (κ1) is 15.1. The minimum Gasteiger partial charge on any atom is -0.497 e. The Balaban J connectivity index is 1.51. The molecule has 0 radical (unpaired) electrons. The van der Waals surface area contributed by atoms with Gasteiger partial charge in [0.05, 0.1) is 19.4 Å². The number of nitrogens with one attached hydrogen (secondary N) is 1. The van der Waals surface area contributed by atoms with Crippen molar-refractivity contribution in [1.29, 1.82) is 0 Å². The van der Waals surface area contributed by atoms with E-state index in [1.54, 1.807) is 13.4 Å². The Morgan fingerprint density at radius 2 is 1.96 bits per heavy atom. The number of methoxy groups -OCH3 is 1. The van der Waals surface area contributed by atoms with E-state index >= 15 is 0 Å². The first-order valence-corrected chi connectivity index (χ1v) is 8.49. The quantitative estimate of drug-likeness (QED) is 0.738. The third-order valence-corrected chi connectivity index (χ3v) is 5.40. The zero-order valence-corrected chi connectivity index (χ0v) is 14.1. The number of imidazole rings is 1. The minimum atomic E-state index is -0.692. The average Bonchev–Trinajstić information content (AvgIpc) is 3.01. The number of ether oxygens (including phenoxy) is 1. The van der Waals surface area contributed by atoms with Crippen molar-refractivity contribution < 1.29 is 14.6 Å². The van der Waals surface area contributed by atoms with Gasteiger partial charge in [0.1, 0.15) is 17.0 Å². The van der Waals surface area contributed by atoms with E-state index in [2.05, 4.69) is 19.9 Å². The van der Waals surface area contributed by atoms with Gasteiger partial charge in [0.2, 0.25) is 5.95 Å². The second-order valence-corrected chi connectivity index (χ2v) is 6.80. The lowest BCUT2D eigenvalue weighted by molar-refractivity contribution is -0.139. The molecule has 2 atom stereocenters. The molecule has 1 saturated heterocycles. The normalized spacial score (nSPS) is 23.9. The largest absolute Gasteiger partial charge is 0.497 e. The van der Waals surface area contributed by atoms with Crippen LogP contribution in [-0.2, 0) is 4.79 Å². The van der Waals surface area contributed by atoms with Gasteiger partial charge >= 0.3 is 5.97 Å². The molecule has 3 aromatic rings. The number of nitrogens with zero attached hydrogens (tertiary/aromatic N) is 4. The minimum absolute atomic E-state index is 0.204. The summed E-state index contributed by atoms with van der Waals surface area (Å²) >= 11 is 0. The van der Waals surface area contributed by atoms with Crippen LogP contribution < -0.4 is 9.64 Å². The van der Waals surface area contributed by atoms with E-state index in [0.717, 1.165) is 22.5 Å². The summed E-state index contributed by atoms with van der Waals surface area (Å²) in [4.78, 5) is 30.0. The number of carbonyl (C=O) groups is 1. The molecule has 1 aliphatic heterocycles. The fourth-order valence-corrected chi connectivity index (χ4v) is 3.98. The van der Waals surface area contributed by atoms with Crippen molar-refractivity contribution in [1.82, 2.24) is 19.9 Å². The molecule has 2 unspecified atom stereocenters. The molecule has 0 bridgehead atoms. The first-order chi connectivity index (χ1) is 12.7. The number of carboxylic acids is 1. The number of H-pyrrole nitrogens is 1. The summed E-state index contributed by atoms with van der Waals surface area (Å²) in [6.07, 6.45) is 1.61. The highest BCUT2D eigenvalue weighted by atomic mass is 16.5. The molecule has 2 N–H and O–H groups in total. The van der Waals surface area contributed by atoms with E-state index < -0.39 is 5.97 Å². The topological polar surface area (TPSA) is 104 Å². The summed E-state index contributed by atoms with van der Waals surface area (Å²) < 4.78 is 5.22. The first-order valence-electron chi connectivity index (χ1n) is 8.49. The van der Waals surface area contributed by atoms with E-state index in [0.29, 0.717) is 24.7 Å². The van der Waals surface area contributed by atoms with Gasteiger partial charge in [0, 0.05) is 18.7 Å². The number of carboxylic acid groups (broad SMARTS) is 1. The summed E-state index contributed by atoms with van der Waals surface area (Å²) in [5.74, 6) is 0.893. The molecule has 26 heavy (non-hydrogen) atoms. The molecule has 2 aliphatic rings. The molecule has 5 rings (SSSR count). The Morgan fingerprint density at radius 1 is 1.23 bits per heavy atom. The molecule has 2 aromatic heterocycles. The van der Waals surface area contributed by atoms with E-state index in [1.807, 2.05) is 24.3 Å². The molecule has 1 saturated carbocycles. The lowest BCUT2D eigenvalue weighted by Crippen LogP contribution is -2.27. The van der Waals surface area contributed by atoms with Crippen LogP contribution in [0.2, 0.25) is 0 Å². The average molecular weight is 351 g/mol. The van der Waals surface area contributed by atoms with E-state index in [9.17, 15) is 9.90 Å². The molecular weight excluding hydrogens is 334 g/mol.